The van der Waals surface area contributed by atoms with Crippen LogP contribution in [0.1, 0.15) is 15.9 Å². The molecule has 3 nitrogen and oxygen atoms in total. The molecule has 0 aliphatic carbocycles. The van der Waals surface area contributed by atoms with Crippen LogP contribution in [-0.2, 0) is 0 Å². The van der Waals surface area contributed by atoms with Crippen molar-refractivity contribution in [1.82, 2.24) is 4.98 Å². The van der Waals surface area contributed by atoms with Crippen molar-refractivity contribution in [2.45, 2.75) is 0 Å². The number of pyridine rings is 1. The molecule has 0 atom stereocenters. The first kappa shape index (κ1) is 10.6. The number of rotatable bonds is 2. The molecular formula is C12H9ClN2O. The van der Waals surface area contributed by atoms with E-state index in [0.29, 0.717) is 22.0 Å². The first-order chi connectivity index (χ1) is 7.66. The number of halogens is 1. The minimum absolute atomic E-state index is 0.0934. The van der Waals surface area contributed by atoms with Crippen molar-refractivity contribution < 1.29 is 4.79 Å². The van der Waals surface area contributed by atoms with Gasteiger partial charge in [-0.15, -0.1) is 0 Å². The Kier molecular flexibility index (Phi) is 2.88. The smallest absolute Gasteiger partial charge is 0.194 e. The fourth-order valence-electron chi connectivity index (χ4n) is 1.31. The molecular weight excluding hydrogens is 224 g/mol. The van der Waals surface area contributed by atoms with Gasteiger partial charge in [-0.25, -0.2) is 4.98 Å². The number of nitrogen functional groups attached to an aromatic ring is 1. The molecule has 0 radical (unpaired) electrons. The lowest BCUT2D eigenvalue weighted by Crippen LogP contribution is -2.02. The van der Waals surface area contributed by atoms with Gasteiger partial charge < -0.3 is 5.73 Å². The summed E-state index contributed by atoms with van der Waals surface area (Å²) < 4.78 is 0. The molecule has 1 aromatic carbocycles. The molecule has 0 saturated carbocycles. The van der Waals surface area contributed by atoms with E-state index in [-0.39, 0.29) is 5.78 Å². The Morgan fingerprint density at radius 3 is 2.25 bits per heavy atom. The van der Waals surface area contributed by atoms with Crippen LogP contribution in [-0.4, -0.2) is 10.8 Å². The molecule has 0 bridgehead atoms. The van der Waals surface area contributed by atoms with E-state index in [0.717, 1.165) is 0 Å². The molecule has 0 spiro atoms. The molecule has 80 valence electrons. The molecule has 0 aliphatic rings. The third kappa shape index (κ3) is 2.20. The van der Waals surface area contributed by atoms with Crippen molar-refractivity contribution >= 4 is 23.2 Å². The van der Waals surface area contributed by atoms with E-state index in [4.69, 9.17) is 17.3 Å². The zero-order valence-corrected chi connectivity index (χ0v) is 9.11. The highest BCUT2D eigenvalue weighted by Crippen LogP contribution is 2.13. The Morgan fingerprint density at radius 2 is 1.69 bits per heavy atom. The quantitative estimate of drug-likeness (QED) is 0.810. The second kappa shape index (κ2) is 4.33. The number of hydrogen-bond acceptors (Lipinski definition) is 3. The van der Waals surface area contributed by atoms with Gasteiger partial charge in [0.05, 0.1) is 0 Å². The van der Waals surface area contributed by atoms with Gasteiger partial charge in [0, 0.05) is 22.3 Å². The molecule has 4 heteroatoms. The van der Waals surface area contributed by atoms with E-state index < -0.39 is 0 Å². The van der Waals surface area contributed by atoms with Crippen LogP contribution in [0.15, 0.2) is 42.6 Å². The molecule has 0 saturated heterocycles. The molecule has 2 rings (SSSR count). The zero-order chi connectivity index (χ0) is 11.5. The topological polar surface area (TPSA) is 56.0 Å². The second-order valence-electron chi connectivity index (χ2n) is 3.31. The standard InChI is InChI=1S/C12H9ClN2O/c13-10-4-1-8(2-5-10)12(16)9-3-6-11(14)15-7-9/h1-7H,(H2,14,15). The molecule has 1 heterocycles. The van der Waals surface area contributed by atoms with Crippen LogP contribution in [0.4, 0.5) is 5.82 Å². The van der Waals surface area contributed by atoms with Gasteiger partial charge in [0.15, 0.2) is 5.78 Å². The maximum absolute atomic E-state index is 11.9. The number of hydrogen-bond donors (Lipinski definition) is 1. The summed E-state index contributed by atoms with van der Waals surface area (Å²) in [4.78, 5) is 15.8. The summed E-state index contributed by atoms with van der Waals surface area (Å²) in [5, 5.41) is 0.604. The number of nitrogens with zero attached hydrogens (tertiary/aromatic N) is 1. The van der Waals surface area contributed by atoms with Crippen molar-refractivity contribution in [2.24, 2.45) is 0 Å². The van der Waals surface area contributed by atoms with Gasteiger partial charge in [0.25, 0.3) is 0 Å². The largest absolute Gasteiger partial charge is 0.384 e. The molecule has 1 aromatic heterocycles. The van der Waals surface area contributed by atoms with Crippen LogP contribution in [0.5, 0.6) is 0 Å². The molecule has 0 amide bonds. The number of anilines is 1. The Labute approximate surface area is 97.9 Å². The van der Waals surface area contributed by atoms with Crippen molar-refractivity contribution in [3.8, 4) is 0 Å². The van der Waals surface area contributed by atoms with E-state index in [1.165, 1.54) is 6.20 Å². The predicted molar refractivity (Wildman–Crippen MR) is 63.5 cm³/mol. The minimum Gasteiger partial charge on any atom is -0.384 e. The molecule has 0 unspecified atom stereocenters. The average Bonchev–Trinajstić information content (AvgIpc) is 2.30. The Balaban J connectivity index is 2.32. The first-order valence-corrected chi connectivity index (χ1v) is 5.06. The average molecular weight is 233 g/mol. The summed E-state index contributed by atoms with van der Waals surface area (Å²) in [5.74, 6) is 0.303. The first-order valence-electron chi connectivity index (χ1n) is 4.68. The van der Waals surface area contributed by atoms with E-state index in [1.54, 1.807) is 36.4 Å². The normalized spacial score (nSPS) is 10.1. The van der Waals surface area contributed by atoms with Gasteiger partial charge in [-0.05, 0) is 36.4 Å². The fourth-order valence-corrected chi connectivity index (χ4v) is 1.43. The highest BCUT2D eigenvalue weighted by atomic mass is 35.5. The van der Waals surface area contributed by atoms with Crippen LogP contribution < -0.4 is 5.73 Å². The molecule has 16 heavy (non-hydrogen) atoms. The van der Waals surface area contributed by atoms with Crippen LogP contribution in [0, 0.1) is 0 Å². The van der Waals surface area contributed by atoms with E-state index >= 15 is 0 Å². The van der Waals surface area contributed by atoms with Gasteiger partial charge in [0.2, 0.25) is 0 Å². The van der Waals surface area contributed by atoms with Crippen molar-refractivity contribution in [3.05, 3.63) is 58.7 Å². The molecule has 2 N–H and O–H groups in total. The number of carbonyl (C=O) groups excluding carboxylic acids is 1. The lowest BCUT2D eigenvalue weighted by atomic mass is 10.1. The summed E-state index contributed by atoms with van der Waals surface area (Å²) in [6.07, 6.45) is 1.46. The number of benzene rings is 1. The molecule has 0 aliphatic heterocycles. The van der Waals surface area contributed by atoms with Crippen LogP contribution in [0.25, 0.3) is 0 Å². The monoisotopic (exact) mass is 232 g/mol. The van der Waals surface area contributed by atoms with Crippen molar-refractivity contribution in [3.63, 3.8) is 0 Å². The van der Waals surface area contributed by atoms with Crippen molar-refractivity contribution in [2.75, 3.05) is 5.73 Å². The lowest BCUT2D eigenvalue weighted by molar-refractivity contribution is 0.103. The third-order valence-corrected chi connectivity index (χ3v) is 2.41. The summed E-state index contributed by atoms with van der Waals surface area (Å²) >= 11 is 5.74. The number of ketones is 1. The van der Waals surface area contributed by atoms with Gasteiger partial charge >= 0.3 is 0 Å². The SMILES string of the molecule is Nc1ccc(C(=O)c2ccc(Cl)cc2)cn1. The van der Waals surface area contributed by atoms with Crippen LogP contribution >= 0.6 is 11.6 Å². The Morgan fingerprint density at radius 1 is 1.06 bits per heavy atom. The van der Waals surface area contributed by atoms with E-state index in [1.807, 2.05) is 0 Å². The van der Waals surface area contributed by atoms with Gasteiger partial charge in [-0.1, -0.05) is 11.6 Å². The second-order valence-corrected chi connectivity index (χ2v) is 3.74. The third-order valence-electron chi connectivity index (χ3n) is 2.15. The summed E-state index contributed by atoms with van der Waals surface area (Å²) in [5.41, 5.74) is 6.54. The Hall–Kier alpha value is -1.87. The summed E-state index contributed by atoms with van der Waals surface area (Å²) in [6, 6.07) is 9.98. The van der Waals surface area contributed by atoms with Gasteiger partial charge in [0.1, 0.15) is 5.82 Å². The highest BCUT2D eigenvalue weighted by Gasteiger charge is 2.08. The lowest BCUT2D eigenvalue weighted by Gasteiger charge is -2.01. The maximum Gasteiger partial charge on any atom is 0.194 e. The molecule has 2 aromatic rings. The summed E-state index contributed by atoms with van der Waals surface area (Å²) in [7, 11) is 0. The van der Waals surface area contributed by atoms with Crippen molar-refractivity contribution in [1.29, 1.82) is 0 Å². The number of nitrogens with two attached hydrogens (primary N) is 1. The number of carbonyl (C=O) groups is 1. The Bertz CT molecular complexity index is 458. The maximum atomic E-state index is 11.9. The molecule has 0 fully saturated rings. The fraction of sp³-hybridized carbons (Fsp3) is 0. The summed E-state index contributed by atoms with van der Waals surface area (Å²) in [6.45, 7) is 0. The van der Waals surface area contributed by atoms with Gasteiger partial charge in [-0.3, -0.25) is 4.79 Å². The van der Waals surface area contributed by atoms with Crippen LogP contribution in [0.2, 0.25) is 5.02 Å². The van der Waals surface area contributed by atoms with Crippen LogP contribution in [0.3, 0.4) is 0 Å². The zero-order valence-electron chi connectivity index (χ0n) is 8.35. The highest BCUT2D eigenvalue weighted by molar-refractivity contribution is 6.30. The van der Waals surface area contributed by atoms with E-state index in [2.05, 4.69) is 4.98 Å². The number of aromatic nitrogens is 1. The predicted octanol–water partition coefficient (Wildman–Crippen LogP) is 2.55. The van der Waals surface area contributed by atoms with Gasteiger partial charge in [-0.2, -0.15) is 0 Å². The van der Waals surface area contributed by atoms with E-state index in [9.17, 15) is 4.79 Å². The minimum atomic E-state index is -0.0934.